The predicted octanol–water partition coefficient (Wildman–Crippen LogP) is 2.42. The molecule has 2 aromatic rings. The number of nitrogens with one attached hydrogen (secondary N) is 1. The second-order valence-corrected chi connectivity index (χ2v) is 6.61. The van der Waals surface area contributed by atoms with E-state index in [2.05, 4.69) is 27.0 Å². The van der Waals surface area contributed by atoms with Crippen LogP contribution in [-0.4, -0.2) is 32.6 Å². The number of hydrogen-bond donors (Lipinski definition) is 2. The van der Waals surface area contributed by atoms with Gasteiger partial charge >= 0.3 is 0 Å². The van der Waals surface area contributed by atoms with E-state index in [0.717, 1.165) is 30.9 Å². The molecule has 1 saturated carbocycles. The third-order valence-electron chi connectivity index (χ3n) is 4.35. The van der Waals surface area contributed by atoms with Crippen LogP contribution >= 0.6 is 0 Å². The number of aliphatic hydroxyl groups is 1. The number of hydrogen-bond acceptors (Lipinski definition) is 4. The Labute approximate surface area is 142 Å². The van der Waals surface area contributed by atoms with E-state index in [1.807, 2.05) is 25.1 Å². The average Bonchev–Trinajstić information content (AvgIpc) is 3.40. The quantitative estimate of drug-likeness (QED) is 0.781. The normalized spacial score (nSPS) is 15.6. The first-order valence-corrected chi connectivity index (χ1v) is 8.68. The molecule has 0 radical (unpaired) electrons. The number of rotatable bonds is 8. The highest BCUT2D eigenvalue weighted by Crippen LogP contribution is 2.37. The van der Waals surface area contributed by atoms with Crippen molar-refractivity contribution >= 4 is 0 Å². The lowest BCUT2D eigenvalue weighted by molar-refractivity contribution is 0.101. The molecule has 1 atom stereocenters. The first kappa shape index (κ1) is 16.9. The Bertz CT molecular complexity index is 710. The van der Waals surface area contributed by atoms with Crippen LogP contribution in [0.5, 0.6) is 0 Å². The maximum absolute atomic E-state index is 11.9. The molecule has 1 aromatic carbocycles. The molecule has 0 saturated heterocycles. The molecule has 1 aromatic heterocycles. The number of aliphatic hydroxyl groups excluding tert-OH is 1. The Kier molecular flexibility index (Phi) is 5.43. The van der Waals surface area contributed by atoms with Gasteiger partial charge < -0.3 is 10.1 Å². The third-order valence-corrected chi connectivity index (χ3v) is 4.35. The molecule has 1 aliphatic rings. The van der Waals surface area contributed by atoms with Gasteiger partial charge in [-0.3, -0.25) is 9.69 Å². The van der Waals surface area contributed by atoms with Crippen molar-refractivity contribution in [3.05, 3.63) is 63.8 Å². The van der Waals surface area contributed by atoms with Gasteiger partial charge in [-0.05, 0) is 24.8 Å². The van der Waals surface area contributed by atoms with Gasteiger partial charge in [0.25, 0.3) is 5.56 Å². The molecule has 1 fully saturated rings. The molecule has 0 bridgehead atoms. The van der Waals surface area contributed by atoms with Gasteiger partial charge in [-0.25, -0.2) is 4.98 Å². The summed E-state index contributed by atoms with van der Waals surface area (Å²) in [5.41, 5.74) is 1.88. The van der Waals surface area contributed by atoms with E-state index < -0.39 is 0 Å². The first-order chi connectivity index (χ1) is 11.6. The fraction of sp³-hybridized carbons (Fsp3) is 0.474. The van der Waals surface area contributed by atoms with Crippen LogP contribution in [0.1, 0.15) is 49.2 Å². The van der Waals surface area contributed by atoms with Crippen LogP contribution in [-0.2, 0) is 13.1 Å². The van der Waals surface area contributed by atoms with Gasteiger partial charge in [-0.15, -0.1) is 0 Å². The molecule has 5 heteroatoms. The maximum atomic E-state index is 11.9. The fourth-order valence-corrected chi connectivity index (χ4v) is 2.84. The second-order valence-electron chi connectivity index (χ2n) is 6.61. The third kappa shape index (κ3) is 4.76. The highest BCUT2D eigenvalue weighted by molar-refractivity contribution is 5.15. The highest BCUT2D eigenvalue weighted by Gasteiger charge is 2.26. The predicted molar refractivity (Wildman–Crippen MR) is 93.7 cm³/mol. The summed E-state index contributed by atoms with van der Waals surface area (Å²) in [6.45, 7) is 3.83. The number of nitrogens with zero attached hydrogens (tertiary/aromatic N) is 2. The van der Waals surface area contributed by atoms with E-state index >= 15 is 0 Å². The van der Waals surface area contributed by atoms with Gasteiger partial charge in [0, 0.05) is 31.6 Å². The number of aromatic nitrogens is 2. The summed E-state index contributed by atoms with van der Waals surface area (Å²) in [5.74, 6) is 1.23. The monoisotopic (exact) mass is 327 g/mol. The topological polar surface area (TPSA) is 69.2 Å². The standard InChI is InChI=1S/C19H25N3O2/c1-2-17(23)13-22(11-14-6-4-3-5-7-14)12-16-10-18(24)21-19(20-16)15-8-9-15/h3-7,10,15,17,23H,2,8-9,11-13H2,1H3,(H,20,21,24). The summed E-state index contributed by atoms with van der Waals surface area (Å²) in [7, 11) is 0. The molecule has 0 spiro atoms. The minimum Gasteiger partial charge on any atom is -0.392 e. The van der Waals surface area contributed by atoms with Crippen molar-refractivity contribution in [2.75, 3.05) is 6.54 Å². The van der Waals surface area contributed by atoms with Crippen LogP contribution in [0.2, 0.25) is 0 Å². The minimum atomic E-state index is -0.376. The number of H-pyrrole nitrogens is 1. The second kappa shape index (κ2) is 7.73. The number of benzene rings is 1. The Hall–Kier alpha value is -1.98. The van der Waals surface area contributed by atoms with Crippen LogP contribution in [0.15, 0.2) is 41.2 Å². The zero-order chi connectivity index (χ0) is 16.9. The van der Waals surface area contributed by atoms with Crippen molar-refractivity contribution < 1.29 is 5.11 Å². The van der Waals surface area contributed by atoms with Crippen molar-refractivity contribution in [3.63, 3.8) is 0 Å². The molecule has 0 aliphatic heterocycles. The summed E-state index contributed by atoms with van der Waals surface area (Å²) in [5, 5.41) is 10.1. The zero-order valence-corrected chi connectivity index (χ0v) is 14.1. The summed E-state index contributed by atoms with van der Waals surface area (Å²) in [6.07, 6.45) is 2.55. The van der Waals surface area contributed by atoms with Crippen molar-refractivity contribution in [2.45, 2.75) is 51.3 Å². The smallest absolute Gasteiger partial charge is 0.251 e. The van der Waals surface area contributed by atoms with E-state index in [4.69, 9.17) is 0 Å². The Morgan fingerprint density at radius 3 is 2.71 bits per heavy atom. The van der Waals surface area contributed by atoms with Crippen LogP contribution in [0.3, 0.4) is 0 Å². The van der Waals surface area contributed by atoms with Gasteiger partial charge in [0.05, 0.1) is 11.8 Å². The Morgan fingerprint density at radius 1 is 1.29 bits per heavy atom. The van der Waals surface area contributed by atoms with Crippen LogP contribution in [0.25, 0.3) is 0 Å². The summed E-state index contributed by atoms with van der Waals surface area (Å²) in [4.78, 5) is 21.5. The Morgan fingerprint density at radius 2 is 2.04 bits per heavy atom. The van der Waals surface area contributed by atoms with E-state index in [1.165, 1.54) is 5.56 Å². The zero-order valence-electron chi connectivity index (χ0n) is 14.1. The average molecular weight is 327 g/mol. The van der Waals surface area contributed by atoms with Gasteiger partial charge in [0.15, 0.2) is 0 Å². The van der Waals surface area contributed by atoms with E-state index in [-0.39, 0.29) is 11.7 Å². The van der Waals surface area contributed by atoms with Gasteiger partial charge in [0.2, 0.25) is 0 Å². The van der Waals surface area contributed by atoms with E-state index in [0.29, 0.717) is 25.4 Å². The van der Waals surface area contributed by atoms with Crippen LogP contribution in [0, 0.1) is 0 Å². The molecular weight excluding hydrogens is 302 g/mol. The van der Waals surface area contributed by atoms with Crippen molar-refractivity contribution in [2.24, 2.45) is 0 Å². The number of aromatic amines is 1. The first-order valence-electron chi connectivity index (χ1n) is 8.68. The molecule has 1 unspecified atom stereocenters. The molecule has 128 valence electrons. The molecule has 1 heterocycles. The van der Waals surface area contributed by atoms with Crippen molar-refractivity contribution in [1.29, 1.82) is 0 Å². The summed E-state index contributed by atoms with van der Waals surface area (Å²) < 4.78 is 0. The van der Waals surface area contributed by atoms with E-state index in [9.17, 15) is 9.90 Å². The Balaban J connectivity index is 1.76. The lowest BCUT2D eigenvalue weighted by Gasteiger charge is -2.24. The largest absolute Gasteiger partial charge is 0.392 e. The summed E-state index contributed by atoms with van der Waals surface area (Å²) in [6, 6.07) is 11.7. The molecule has 2 N–H and O–H groups in total. The molecule has 1 aliphatic carbocycles. The molecule has 24 heavy (non-hydrogen) atoms. The minimum absolute atomic E-state index is 0.0856. The SMILES string of the molecule is CCC(O)CN(Cc1ccccc1)Cc1cc(=O)[nH]c(C2CC2)n1. The van der Waals surface area contributed by atoms with Gasteiger partial charge in [-0.1, -0.05) is 37.3 Å². The summed E-state index contributed by atoms with van der Waals surface area (Å²) >= 11 is 0. The van der Waals surface area contributed by atoms with Gasteiger partial charge in [-0.2, -0.15) is 0 Å². The fourth-order valence-electron chi connectivity index (χ4n) is 2.84. The van der Waals surface area contributed by atoms with E-state index in [1.54, 1.807) is 6.07 Å². The lowest BCUT2D eigenvalue weighted by Crippen LogP contribution is -2.32. The van der Waals surface area contributed by atoms with Crippen LogP contribution in [0.4, 0.5) is 0 Å². The van der Waals surface area contributed by atoms with Crippen molar-refractivity contribution in [1.82, 2.24) is 14.9 Å². The lowest BCUT2D eigenvalue weighted by atomic mass is 10.2. The highest BCUT2D eigenvalue weighted by atomic mass is 16.3. The maximum Gasteiger partial charge on any atom is 0.251 e. The van der Waals surface area contributed by atoms with Crippen molar-refractivity contribution in [3.8, 4) is 0 Å². The van der Waals surface area contributed by atoms with Crippen LogP contribution < -0.4 is 5.56 Å². The molecular formula is C19H25N3O2. The molecule has 3 rings (SSSR count). The molecule has 5 nitrogen and oxygen atoms in total. The van der Waals surface area contributed by atoms with Gasteiger partial charge in [0.1, 0.15) is 5.82 Å². The molecule has 0 amide bonds.